The van der Waals surface area contributed by atoms with Gasteiger partial charge in [0.2, 0.25) is 0 Å². The first-order valence-corrected chi connectivity index (χ1v) is 6.37. The van der Waals surface area contributed by atoms with E-state index in [1.807, 2.05) is 0 Å². The molecule has 1 aliphatic heterocycles. The van der Waals surface area contributed by atoms with Crippen LogP contribution in [0.1, 0.15) is 33.1 Å². The third-order valence-electron chi connectivity index (χ3n) is 3.02. The summed E-state index contributed by atoms with van der Waals surface area (Å²) >= 11 is 0. The van der Waals surface area contributed by atoms with Crippen LogP contribution >= 0.6 is 0 Å². The molecule has 0 unspecified atom stereocenters. The summed E-state index contributed by atoms with van der Waals surface area (Å²) in [5.41, 5.74) is 2.60. The lowest BCUT2D eigenvalue weighted by Gasteiger charge is -2.29. The summed E-state index contributed by atoms with van der Waals surface area (Å²) in [4.78, 5) is 2.50. The Balaban J connectivity index is 2.08. The molecule has 2 nitrogen and oxygen atoms in total. The van der Waals surface area contributed by atoms with Gasteiger partial charge in [-0.25, -0.2) is 0 Å². The van der Waals surface area contributed by atoms with E-state index < -0.39 is 0 Å². The lowest BCUT2D eigenvalue weighted by Crippen LogP contribution is -2.29. The summed E-state index contributed by atoms with van der Waals surface area (Å²) in [5, 5.41) is 3.46. The summed E-state index contributed by atoms with van der Waals surface area (Å²) < 4.78 is 0. The first kappa shape index (κ1) is 11.3. The van der Waals surface area contributed by atoms with Crippen LogP contribution in [-0.2, 0) is 0 Å². The van der Waals surface area contributed by atoms with Crippen LogP contribution in [0.5, 0.6) is 0 Å². The summed E-state index contributed by atoms with van der Waals surface area (Å²) in [5.74, 6) is 0. The molecule has 0 radical (unpaired) electrons. The molecular formula is C14H22N2. The van der Waals surface area contributed by atoms with Gasteiger partial charge in [-0.1, -0.05) is 6.07 Å². The van der Waals surface area contributed by atoms with Gasteiger partial charge in [-0.05, 0) is 51.3 Å². The van der Waals surface area contributed by atoms with Crippen molar-refractivity contribution in [1.82, 2.24) is 0 Å². The topological polar surface area (TPSA) is 15.3 Å². The van der Waals surface area contributed by atoms with Gasteiger partial charge in [0, 0.05) is 30.5 Å². The second-order valence-electron chi connectivity index (χ2n) is 4.90. The molecule has 2 heteroatoms. The number of nitrogens with one attached hydrogen (secondary N) is 1. The van der Waals surface area contributed by atoms with Crippen molar-refractivity contribution in [1.29, 1.82) is 0 Å². The number of hydrogen-bond acceptors (Lipinski definition) is 2. The van der Waals surface area contributed by atoms with Crippen LogP contribution in [0, 0.1) is 0 Å². The minimum atomic E-state index is 0.497. The average Bonchev–Trinajstić information content (AvgIpc) is 2.30. The van der Waals surface area contributed by atoms with Crippen LogP contribution < -0.4 is 10.2 Å². The van der Waals surface area contributed by atoms with Crippen molar-refractivity contribution in [2.75, 3.05) is 23.3 Å². The van der Waals surface area contributed by atoms with E-state index in [0.717, 1.165) is 0 Å². The van der Waals surface area contributed by atoms with Crippen molar-refractivity contribution < 1.29 is 0 Å². The molecule has 1 N–H and O–H groups in total. The van der Waals surface area contributed by atoms with Crippen molar-refractivity contribution >= 4 is 11.4 Å². The van der Waals surface area contributed by atoms with Gasteiger partial charge in [-0.3, -0.25) is 0 Å². The maximum atomic E-state index is 3.46. The van der Waals surface area contributed by atoms with Crippen LogP contribution in [-0.4, -0.2) is 19.1 Å². The van der Waals surface area contributed by atoms with E-state index in [9.17, 15) is 0 Å². The minimum Gasteiger partial charge on any atom is -0.383 e. The normalized spacial score (nSPS) is 16.6. The second-order valence-corrected chi connectivity index (χ2v) is 4.90. The van der Waals surface area contributed by atoms with Crippen molar-refractivity contribution in [2.24, 2.45) is 0 Å². The molecule has 1 saturated heterocycles. The van der Waals surface area contributed by atoms with E-state index in [1.54, 1.807) is 0 Å². The molecule has 1 aromatic carbocycles. The van der Waals surface area contributed by atoms with Gasteiger partial charge in [0.05, 0.1) is 0 Å². The number of rotatable bonds is 3. The van der Waals surface area contributed by atoms with Crippen LogP contribution in [0.25, 0.3) is 0 Å². The Hall–Kier alpha value is -1.18. The van der Waals surface area contributed by atoms with E-state index in [4.69, 9.17) is 0 Å². The lowest BCUT2D eigenvalue weighted by molar-refractivity contribution is 0.578. The zero-order valence-corrected chi connectivity index (χ0v) is 10.4. The van der Waals surface area contributed by atoms with E-state index in [0.29, 0.717) is 6.04 Å². The Morgan fingerprint density at radius 1 is 1.12 bits per heavy atom. The van der Waals surface area contributed by atoms with E-state index in [1.165, 1.54) is 43.7 Å². The number of hydrogen-bond donors (Lipinski definition) is 1. The molecule has 0 saturated carbocycles. The summed E-state index contributed by atoms with van der Waals surface area (Å²) in [6, 6.07) is 9.28. The maximum absolute atomic E-state index is 3.46. The lowest BCUT2D eigenvalue weighted by atomic mass is 10.1. The minimum absolute atomic E-state index is 0.497. The third kappa shape index (κ3) is 2.91. The number of piperidine rings is 1. The highest BCUT2D eigenvalue weighted by atomic mass is 15.1. The van der Waals surface area contributed by atoms with Crippen molar-refractivity contribution in [3.05, 3.63) is 24.3 Å². The smallest absolute Gasteiger partial charge is 0.0386 e. The monoisotopic (exact) mass is 218 g/mol. The average molecular weight is 218 g/mol. The van der Waals surface area contributed by atoms with Crippen molar-refractivity contribution in [2.45, 2.75) is 39.2 Å². The molecule has 0 aliphatic carbocycles. The van der Waals surface area contributed by atoms with Gasteiger partial charge < -0.3 is 10.2 Å². The number of nitrogens with zero attached hydrogens (tertiary/aromatic N) is 1. The highest BCUT2D eigenvalue weighted by Gasteiger charge is 2.10. The predicted octanol–water partition coefficient (Wildman–Crippen LogP) is 3.50. The van der Waals surface area contributed by atoms with Gasteiger partial charge in [-0.15, -0.1) is 0 Å². The first-order chi connectivity index (χ1) is 7.75. The first-order valence-electron chi connectivity index (χ1n) is 6.37. The van der Waals surface area contributed by atoms with Crippen molar-refractivity contribution in [3.8, 4) is 0 Å². The fourth-order valence-corrected chi connectivity index (χ4v) is 2.28. The zero-order chi connectivity index (χ0) is 11.4. The molecule has 2 rings (SSSR count). The largest absolute Gasteiger partial charge is 0.383 e. The molecule has 0 aromatic heterocycles. The third-order valence-corrected chi connectivity index (χ3v) is 3.02. The van der Waals surface area contributed by atoms with Gasteiger partial charge in [-0.2, -0.15) is 0 Å². The second kappa shape index (κ2) is 5.24. The Kier molecular flexibility index (Phi) is 3.70. The van der Waals surface area contributed by atoms with Crippen LogP contribution in [0.3, 0.4) is 0 Å². The van der Waals surface area contributed by atoms with Crippen LogP contribution in [0.2, 0.25) is 0 Å². The Morgan fingerprint density at radius 3 is 2.56 bits per heavy atom. The predicted molar refractivity (Wildman–Crippen MR) is 71.3 cm³/mol. The molecule has 1 heterocycles. The van der Waals surface area contributed by atoms with E-state index >= 15 is 0 Å². The van der Waals surface area contributed by atoms with Gasteiger partial charge in [0.15, 0.2) is 0 Å². The Bertz CT molecular complexity index is 327. The SMILES string of the molecule is CC(C)Nc1cccc(N2CCCCC2)c1. The summed E-state index contributed by atoms with van der Waals surface area (Å²) in [7, 11) is 0. The Morgan fingerprint density at radius 2 is 1.88 bits per heavy atom. The molecular weight excluding hydrogens is 196 g/mol. The van der Waals surface area contributed by atoms with Gasteiger partial charge >= 0.3 is 0 Å². The molecule has 1 aromatic rings. The zero-order valence-electron chi connectivity index (χ0n) is 10.4. The van der Waals surface area contributed by atoms with E-state index in [2.05, 4.69) is 48.3 Å². The molecule has 0 bridgehead atoms. The maximum Gasteiger partial charge on any atom is 0.0386 e. The molecule has 1 aliphatic rings. The summed E-state index contributed by atoms with van der Waals surface area (Å²) in [6.45, 7) is 6.78. The van der Waals surface area contributed by atoms with Crippen molar-refractivity contribution in [3.63, 3.8) is 0 Å². The van der Waals surface area contributed by atoms with Crippen LogP contribution in [0.15, 0.2) is 24.3 Å². The standard InChI is InChI=1S/C14H22N2/c1-12(2)15-13-7-6-8-14(11-13)16-9-4-3-5-10-16/h6-8,11-12,15H,3-5,9-10H2,1-2H3. The number of benzene rings is 1. The molecule has 0 spiro atoms. The highest BCUT2D eigenvalue weighted by molar-refractivity contribution is 5.58. The van der Waals surface area contributed by atoms with E-state index in [-0.39, 0.29) is 0 Å². The molecule has 0 amide bonds. The van der Waals surface area contributed by atoms with Crippen LogP contribution in [0.4, 0.5) is 11.4 Å². The fraction of sp³-hybridized carbons (Fsp3) is 0.571. The summed E-state index contributed by atoms with van der Waals surface area (Å²) in [6.07, 6.45) is 4.06. The molecule has 0 atom stereocenters. The fourth-order valence-electron chi connectivity index (χ4n) is 2.28. The quantitative estimate of drug-likeness (QED) is 0.835. The molecule has 88 valence electrons. The van der Waals surface area contributed by atoms with Gasteiger partial charge in [0.25, 0.3) is 0 Å². The Labute approximate surface area is 98.7 Å². The highest BCUT2D eigenvalue weighted by Crippen LogP contribution is 2.23. The number of anilines is 2. The molecule has 1 fully saturated rings. The van der Waals surface area contributed by atoms with Gasteiger partial charge in [0.1, 0.15) is 0 Å². The molecule has 16 heavy (non-hydrogen) atoms.